The standard InChI is InChI=1S/C14H22ClN3O/c1-14(2,18-6-4-3-5-7-18)10-17-13(19)12-8-11(15)9-16-12/h8-9,16H,3-7,10H2,1-2H3,(H,17,19). The van der Waals surface area contributed by atoms with Gasteiger partial charge in [0.2, 0.25) is 0 Å². The number of H-pyrrole nitrogens is 1. The van der Waals surface area contributed by atoms with E-state index in [1.807, 2.05) is 0 Å². The average molecular weight is 284 g/mol. The van der Waals surface area contributed by atoms with Gasteiger partial charge >= 0.3 is 0 Å². The van der Waals surface area contributed by atoms with E-state index in [-0.39, 0.29) is 11.4 Å². The minimum Gasteiger partial charge on any atom is -0.356 e. The topological polar surface area (TPSA) is 48.1 Å². The number of aromatic nitrogens is 1. The lowest BCUT2D eigenvalue weighted by molar-refractivity contribution is 0.0795. The zero-order valence-electron chi connectivity index (χ0n) is 11.6. The number of nitrogens with one attached hydrogen (secondary N) is 2. The fraction of sp³-hybridized carbons (Fsp3) is 0.643. The second-order valence-corrected chi connectivity index (χ2v) is 6.21. The second kappa shape index (κ2) is 5.97. The summed E-state index contributed by atoms with van der Waals surface area (Å²) >= 11 is 5.80. The maximum absolute atomic E-state index is 12.0. The first-order valence-electron chi connectivity index (χ1n) is 6.86. The molecule has 0 saturated carbocycles. The number of aromatic amines is 1. The molecule has 0 radical (unpaired) electrons. The molecule has 1 amide bonds. The minimum atomic E-state index is -0.100. The second-order valence-electron chi connectivity index (χ2n) is 5.77. The number of carbonyl (C=O) groups is 1. The van der Waals surface area contributed by atoms with Crippen LogP contribution in [-0.2, 0) is 0 Å². The summed E-state index contributed by atoms with van der Waals surface area (Å²) in [7, 11) is 0. The zero-order chi connectivity index (χ0) is 13.9. The number of carbonyl (C=O) groups excluding carboxylic acids is 1. The van der Waals surface area contributed by atoms with Crippen molar-refractivity contribution in [2.24, 2.45) is 0 Å². The summed E-state index contributed by atoms with van der Waals surface area (Å²) in [6.07, 6.45) is 5.44. The monoisotopic (exact) mass is 283 g/mol. The van der Waals surface area contributed by atoms with Crippen molar-refractivity contribution in [3.63, 3.8) is 0 Å². The number of amides is 1. The lowest BCUT2D eigenvalue weighted by atomic mass is 9.98. The quantitative estimate of drug-likeness (QED) is 0.892. The van der Waals surface area contributed by atoms with Crippen molar-refractivity contribution >= 4 is 17.5 Å². The highest BCUT2D eigenvalue weighted by molar-refractivity contribution is 6.30. The van der Waals surface area contributed by atoms with Crippen LogP contribution in [0.2, 0.25) is 5.02 Å². The van der Waals surface area contributed by atoms with Crippen LogP contribution in [0.1, 0.15) is 43.6 Å². The van der Waals surface area contributed by atoms with Crippen molar-refractivity contribution in [3.05, 3.63) is 23.0 Å². The van der Waals surface area contributed by atoms with Crippen LogP contribution < -0.4 is 5.32 Å². The van der Waals surface area contributed by atoms with Crippen LogP contribution >= 0.6 is 11.6 Å². The van der Waals surface area contributed by atoms with E-state index in [1.165, 1.54) is 19.3 Å². The summed E-state index contributed by atoms with van der Waals surface area (Å²) in [5.74, 6) is -0.100. The zero-order valence-corrected chi connectivity index (χ0v) is 12.4. The summed E-state index contributed by atoms with van der Waals surface area (Å²) in [5.41, 5.74) is 0.506. The molecule has 1 aromatic rings. The molecule has 0 unspecified atom stereocenters. The molecule has 0 spiro atoms. The van der Waals surface area contributed by atoms with Crippen LogP contribution in [0.25, 0.3) is 0 Å². The van der Waals surface area contributed by atoms with Gasteiger partial charge in [-0.2, -0.15) is 0 Å². The molecule has 1 saturated heterocycles. The van der Waals surface area contributed by atoms with Crippen LogP contribution in [0.5, 0.6) is 0 Å². The Balaban J connectivity index is 1.88. The van der Waals surface area contributed by atoms with Gasteiger partial charge in [0.1, 0.15) is 5.69 Å². The van der Waals surface area contributed by atoms with Crippen LogP contribution in [0.15, 0.2) is 12.3 Å². The van der Waals surface area contributed by atoms with Gasteiger partial charge in [0, 0.05) is 18.3 Å². The number of hydrogen-bond acceptors (Lipinski definition) is 2. The van der Waals surface area contributed by atoms with E-state index in [0.717, 1.165) is 13.1 Å². The van der Waals surface area contributed by atoms with Gasteiger partial charge in [-0.1, -0.05) is 18.0 Å². The Labute approximate surface area is 119 Å². The smallest absolute Gasteiger partial charge is 0.267 e. The van der Waals surface area contributed by atoms with Gasteiger partial charge in [-0.15, -0.1) is 0 Å². The predicted octanol–water partition coefficient (Wildman–Crippen LogP) is 2.66. The van der Waals surface area contributed by atoms with Crippen molar-refractivity contribution in [1.29, 1.82) is 0 Å². The number of halogens is 1. The van der Waals surface area contributed by atoms with Gasteiger partial charge in [0.05, 0.1) is 5.02 Å². The van der Waals surface area contributed by atoms with Crippen LogP contribution in [-0.4, -0.2) is 41.0 Å². The first-order chi connectivity index (χ1) is 8.99. The molecule has 0 aromatic carbocycles. The maximum atomic E-state index is 12.0. The van der Waals surface area contributed by atoms with E-state index >= 15 is 0 Å². The normalized spacial score (nSPS) is 17.4. The molecule has 19 heavy (non-hydrogen) atoms. The lowest BCUT2D eigenvalue weighted by Gasteiger charge is -2.41. The highest BCUT2D eigenvalue weighted by atomic mass is 35.5. The molecule has 2 heterocycles. The Hall–Kier alpha value is -1.00. The van der Waals surface area contributed by atoms with E-state index in [1.54, 1.807) is 12.3 Å². The molecular weight excluding hydrogens is 262 g/mol. The SMILES string of the molecule is CC(C)(CNC(=O)c1cc(Cl)c[nH]1)N1CCCCC1. The number of piperidine rings is 1. The van der Waals surface area contributed by atoms with Crippen molar-refractivity contribution in [2.45, 2.75) is 38.6 Å². The Morgan fingerprint density at radius 1 is 1.42 bits per heavy atom. The first-order valence-corrected chi connectivity index (χ1v) is 7.24. The molecule has 1 fully saturated rings. The Kier molecular flexibility index (Phi) is 4.53. The van der Waals surface area contributed by atoms with Crippen molar-refractivity contribution in [3.8, 4) is 0 Å². The summed E-state index contributed by atoms with van der Waals surface area (Å²) in [4.78, 5) is 17.3. The Bertz CT molecular complexity index is 436. The minimum absolute atomic E-state index is 0.00747. The molecule has 5 heteroatoms. The van der Waals surface area contributed by atoms with Crippen LogP contribution in [0, 0.1) is 0 Å². The molecule has 106 valence electrons. The number of hydrogen-bond donors (Lipinski definition) is 2. The molecule has 2 rings (SSSR count). The van der Waals surface area contributed by atoms with Gasteiger partial charge in [-0.3, -0.25) is 9.69 Å². The average Bonchev–Trinajstić information content (AvgIpc) is 2.84. The molecule has 0 atom stereocenters. The van der Waals surface area contributed by atoms with Gasteiger partial charge in [-0.05, 0) is 45.8 Å². The van der Waals surface area contributed by atoms with Gasteiger partial charge < -0.3 is 10.3 Å². The van der Waals surface area contributed by atoms with Gasteiger partial charge in [-0.25, -0.2) is 0 Å². The fourth-order valence-corrected chi connectivity index (χ4v) is 2.67. The maximum Gasteiger partial charge on any atom is 0.267 e. The summed E-state index contributed by atoms with van der Waals surface area (Å²) < 4.78 is 0. The van der Waals surface area contributed by atoms with Gasteiger partial charge in [0.15, 0.2) is 0 Å². The molecule has 2 N–H and O–H groups in total. The van der Waals surface area contributed by atoms with Crippen molar-refractivity contribution in [1.82, 2.24) is 15.2 Å². The van der Waals surface area contributed by atoms with Crippen molar-refractivity contribution in [2.75, 3.05) is 19.6 Å². The molecule has 1 aromatic heterocycles. The first kappa shape index (κ1) is 14.4. The molecule has 1 aliphatic heterocycles. The molecule has 0 bridgehead atoms. The molecule has 1 aliphatic rings. The highest BCUT2D eigenvalue weighted by Crippen LogP contribution is 2.20. The van der Waals surface area contributed by atoms with E-state index < -0.39 is 0 Å². The summed E-state index contributed by atoms with van der Waals surface area (Å²) in [5, 5.41) is 3.54. The largest absolute Gasteiger partial charge is 0.356 e. The predicted molar refractivity (Wildman–Crippen MR) is 77.6 cm³/mol. The van der Waals surface area contributed by atoms with Crippen LogP contribution in [0.4, 0.5) is 0 Å². The lowest BCUT2D eigenvalue weighted by Crippen LogP contribution is -2.53. The van der Waals surface area contributed by atoms with E-state index in [4.69, 9.17) is 11.6 Å². The van der Waals surface area contributed by atoms with E-state index in [0.29, 0.717) is 17.3 Å². The third-order valence-corrected chi connectivity index (χ3v) is 4.00. The third-order valence-electron chi connectivity index (χ3n) is 3.79. The van der Waals surface area contributed by atoms with Crippen molar-refractivity contribution < 1.29 is 4.79 Å². The fourth-order valence-electron chi connectivity index (χ4n) is 2.50. The summed E-state index contributed by atoms with van der Waals surface area (Å²) in [6.45, 7) is 7.25. The Morgan fingerprint density at radius 2 is 2.11 bits per heavy atom. The van der Waals surface area contributed by atoms with Crippen LogP contribution in [0.3, 0.4) is 0 Å². The molecule has 0 aliphatic carbocycles. The van der Waals surface area contributed by atoms with Gasteiger partial charge in [0.25, 0.3) is 5.91 Å². The van der Waals surface area contributed by atoms with E-state index in [2.05, 4.69) is 29.0 Å². The Morgan fingerprint density at radius 3 is 2.68 bits per heavy atom. The number of nitrogens with zero attached hydrogens (tertiary/aromatic N) is 1. The summed E-state index contributed by atoms with van der Waals surface area (Å²) in [6, 6.07) is 1.64. The highest BCUT2D eigenvalue weighted by Gasteiger charge is 2.28. The number of likely N-dealkylation sites (tertiary alicyclic amines) is 1. The molecule has 4 nitrogen and oxygen atoms in total. The van der Waals surface area contributed by atoms with E-state index in [9.17, 15) is 4.79 Å². The number of rotatable bonds is 4. The molecular formula is C14H22ClN3O. The third kappa shape index (κ3) is 3.74.